The molecule has 3 N–H and O–H groups in total. The normalized spacial score (nSPS) is 24.1. The standard InChI is InChI=1S/C11H18BrN5O/c1-7-3-4-17(5-8(7)18-2)11-9(12)10(16-13)14-6-15-11/h6-8H,3-5,13H2,1-2H3,(H,14,15,16). The van der Waals surface area contributed by atoms with Crippen LogP contribution in [0.5, 0.6) is 0 Å². The van der Waals surface area contributed by atoms with Gasteiger partial charge in [-0.1, -0.05) is 6.92 Å². The van der Waals surface area contributed by atoms with Gasteiger partial charge in [-0.25, -0.2) is 15.8 Å². The second kappa shape index (κ2) is 5.81. The number of hydrazine groups is 1. The summed E-state index contributed by atoms with van der Waals surface area (Å²) in [5.74, 6) is 7.42. The summed E-state index contributed by atoms with van der Waals surface area (Å²) in [6.45, 7) is 4.01. The average molecular weight is 316 g/mol. The van der Waals surface area contributed by atoms with Gasteiger partial charge in [-0.3, -0.25) is 0 Å². The molecular weight excluding hydrogens is 298 g/mol. The quantitative estimate of drug-likeness (QED) is 0.648. The number of anilines is 2. The molecule has 2 atom stereocenters. The Hall–Kier alpha value is -0.920. The monoisotopic (exact) mass is 315 g/mol. The predicted molar refractivity (Wildman–Crippen MR) is 74.3 cm³/mol. The second-order valence-corrected chi connectivity index (χ2v) is 5.28. The number of hydrogen-bond acceptors (Lipinski definition) is 6. The maximum Gasteiger partial charge on any atom is 0.159 e. The summed E-state index contributed by atoms with van der Waals surface area (Å²) in [6.07, 6.45) is 2.82. The summed E-state index contributed by atoms with van der Waals surface area (Å²) in [4.78, 5) is 10.6. The Balaban J connectivity index is 2.21. The summed E-state index contributed by atoms with van der Waals surface area (Å²) in [6, 6.07) is 0. The fourth-order valence-electron chi connectivity index (χ4n) is 2.21. The molecule has 18 heavy (non-hydrogen) atoms. The predicted octanol–water partition coefficient (Wildman–Crippen LogP) is 1.39. The second-order valence-electron chi connectivity index (χ2n) is 4.49. The van der Waals surface area contributed by atoms with Crippen LogP contribution in [-0.4, -0.2) is 36.3 Å². The van der Waals surface area contributed by atoms with Crippen molar-refractivity contribution < 1.29 is 4.74 Å². The van der Waals surface area contributed by atoms with Crippen LogP contribution in [0.1, 0.15) is 13.3 Å². The third-order valence-corrected chi connectivity index (χ3v) is 4.13. The first-order chi connectivity index (χ1) is 8.67. The van der Waals surface area contributed by atoms with Crippen molar-refractivity contribution in [3.8, 4) is 0 Å². The molecule has 0 spiro atoms. The van der Waals surface area contributed by atoms with E-state index in [9.17, 15) is 0 Å². The maximum absolute atomic E-state index is 5.51. The third kappa shape index (κ3) is 2.57. The highest BCUT2D eigenvalue weighted by molar-refractivity contribution is 9.10. The minimum Gasteiger partial charge on any atom is -0.379 e. The van der Waals surface area contributed by atoms with Crippen molar-refractivity contribution in [2.45, 2.75) is 19.4 Å². The lowest BCUT2D eigenvalue weighted by Gasteiger charge is -2.37. The van der Waals surface area contributed by atoms with Gasteiger partial charge in [0.25, 0.3) is 0 Å². The number of nitrogens with zero attached hydrogens (tertiary/aromatic N) is 3. The Bertz CT molecular complexity index is 416. The first-order valence-corrected chi connectivity index (χ1v) is 6.71. The van der Waals surface area contributed by atoms with E-state index in [0.717, 1.165) is 29.8 Å². The number of nitrogen functional groups attached to an aromatic ring is 1. The van der Waals surface area contributed by atoms with Crippen molar-refractivity contribution in [1.29, 1.82) is 0 Å². The zero-order valence-electron chi connectivity index (χ0n) is 10.6. The summed E-state index contributed by atoms with van der Waals surface area (Å²) in [7, 11) is 1.76. The molecule has 6 nitrogen and oxygen atoms in total. The van der Waals surface area contributed by atoms with Gasteiger partial charge < -0.3 is 15.1 Å². The largest absolute Gasteiger partial charge is 0.379 e. The van der Waals surface area contributed by atoms with Gasteiger partial charge in [-0.2, -0.15) is 0 Å². The van der Waals surface area contributed by atoms with E-state index in [-0.39, 0.29) is 6.10 Å². The molecule has 7 heteroatoms. The molecule has 100 valence electrons. The first kappa shape index (κ1) is 13.5. The van der Waals surface area contributed by atoms with Gasteiger partial charge in [-0.05, 0) is 28.3 Å². The van der Waals surface area contributed by atoms with E-state index in [4.69, 9.17) is 10.6 Å². The molecule has 0 aliphatic carbocycles. The number of nitrogens with two attached hydrogens (primary N) is 1. The lowest BCUT2D eigenvalue weighted by molar-refractivity contribution is 0.0496. The molecule has 0 bridgehead atoms. The molecule has 1 fully saturated rings. The number of rotatable bonds is 3. The van der Waals surface area contributed by atoms with Crippen LogP contribution in [0.15, 0.2) is 10.8 Å². The minimum absolute atomic E-state index is 0.231. The van der Waals surface area contributed by atoms with Crippen molar-refractivity contribution in [3.63, 3.8) is 0 Å². The minimum atomic E-state index is 0.231. The molecule has 2 rings (SSSR count). The Morgan fingerprint density at radius 3 is 3.00 bits per heavy atom. The number of halogens is 1. The molecule has 1 aliphatic rings. The van der Waals surface area contributed by atoms with Gasteiger partial charge in [0.2, 0.25) is 0 Å². The fraction of sp³-hybridized carbons (Fsp3) is 0.636. The molecule has 0 aromatic carbocycles. The van der Waals surface area contributed by atoms with E-state index in [1.165, 1.54) is 6.33 Å². The smallest absolute Gasteiger partial charge is 0.159 e. The first-order valence-electron chi connectivity index (χ1n) is 5.92. The lowest BCUT2D eigenvalue weighted by atomic mass is 9.96. The maximum atomic E-state index is 5.51. The number of ether oxygens (including phenoxy) is 1. The summed E-state index contributed by atoms with van der Waals surface area (Å²) in [5, 5.41) is 0. The number of nitrogens with one attached hydrogen (secondary N) is 1. The molecule has 0 saturated carbocycles. The molecule has 1 saturated heterocycles. The van der Waals surface area contributed by atoms with Gasteiger partial charge in [0.05, 0.1) is 6.10 Å². The lowest BCUT2D eigenvalue weighted by Crippen LogP contribution is -2.44. The van der Waals surface area contributed by atoms with Gasteiger partial charge in [-0.15, -0.1) is 0 Å². The van der Waals surface area contributed by atoms with Crippen LogP contribution in [-0.2, 0) is 4.74 Å². The van der Waals surface area contributed by atoms with Crippen molar-refractivity contribution >= 4 is 27.6 Å². The van der Waals surface area contributed by atoms with Gasteiger partial charge in [0.15, 0.2) is 5.82 Å². The van der Waals surface area contributed by atoms with E-state index in [1.807, 2.05) is 0 Å². The number of aromatic nitrogens is 2. The van der Waals surface area contributed by atoms with Crippen LogP contribution in [0.2, 0.25) is 0 Å². The zero-order chi connectivity index (χ0) is 13.1. The molecule has 1 aliphatic heterocycles. The summed E-state index contributed by atoms with van der Waals surface area (Å²) >= 11 is 3.48. The summed E-state index contributed by atoms with van der Waals surface area (Å²) in [5.41, 5.74) is 2.55. The van der Waals surface area contributed by atoms with Crippen LogP contribution >= 0.6 is 15.9 Å². The zero-order valence-corrected chi connectivity index (χ0v) is 12.1. The van der Waals surface area contributed by atoms with Crippen molar-refractivity contribution in [2.75, 3.05) is 30.5 Å². The van der Waals surface area contributed by atoms with Gasteiger partial charge >= 0.3 is 0 Å². The molecule has 1 aromatic heterocycles. The van der Waals surface area contributed by atoms with Crippen LogP contribution in [0, 0.1) is 5.92 Å². The molecule has 0 amide bonds. The number of methoxy groups -OCH3 is 1. The Morgan fingerprint density at radius 1 is 1.56 bits per heavy atom. The van der Waals surface area contributed by atoms with Crippen LogP contribution in [0.25, 0.3) is 0 Å². The van der Waals surface area contributed by atoms with Crippen LogP contribution in [0.4, 0.5) is 11.6 Å². The molecule has 2 unspecified atom stereocenters. The van der Waals surface area contributed by atoms with E-state index < -0.39 is 0 Å². The average Bonchev–Trinajstić information content (AvgIpc) is 2.40. The topological polar surface area (TPSA) is 76.3 Å². The highest BCUT2D eigenvalue weighted by Gasteiger charge is 2.28. The fourth-order valence-corrected chi connectivity index (χ4v) is 2.78. The SMILES string of the molecule is COC1CN(c2ncnc(NN)c2Br)CCC1C. The van der Waals surface area contributed by atoms with Crippen molar-refractivity contribution in [1.82, 2.24) is 9.97 Å². The summed E-state index contributed by atoms with van der Waals surface area (Å²) < 4.78 is 6.30. The molecular formula is C11H18BrN5O. The van der Waals surface area contributed by atoms with Gasteiger partial charge in [0, 0.05) is 20.2 Å². The Morgan fingerprint density at radius 2 is 2.33 bits per heavy atom. The van der Waals surface area contributed by atoms with Crippen molar-refractivity contribution in [2.24, 2.45) is 11.8 Å². The van der Waals surface area contributed by atoms with Crippen LogP contribution < -0.4 is 16.2 Å². The highest BCUT2D eigenvalue weighted by atomic mass is 79.9. The van der Waals surface area contributed by atoms with E-state index in [0.29, 0.717) is 11.7 Å². The Labute approximate surface area is 115 Å². The van der Waals surface area contributed by atoms with E-state index in [2.05, 4.69) is 43.1 Å². The van der Waals surface area contributed by atoms with Crippen LogP contribution in [0.3, 0.4) is 0 Å². The van der Waals surface area contributed by atoms with E-state index >= 15 is 0 Å². The van der Waals surface area contributed by atoms with Crippen molar-refractivity contribution in [3.05, 3.63) is 10.8 Å². The number of piperidine rings is 1. The molecule has 1 aromatic rings. The molecule has 2 heterocycles. The molecule has 0 radical (unpaired) electrons. The highest BCUT2D eigenvalue weighted by Crippen LogP contribution is 2.32. The van der Waals surface area contributed by atoms with Gasteiger partial charge in [0.1, 0.15) is 16.6 Å². The Kier molecular flexibility index (Phi) is 4.36. The number of hydrogen-bond donors (Lipinski definition) is 2. The third-order valence-electron chi connectivity index (χ3n) is 3.40. The van der Waals surface area contributed by atoms with E-state index in [1.54, 1.807) is 7.11 Å².